The Morgan fingerprint density at radius 2 is 1.70 bits per heavy atom. The van der Waals surface area contributed by atoms with Gasteiger partial charge in [0.2, 0.25) is 11.8 Å². The van der Waals surface area contributed by atoms with Gasteiger partial charge in [-0.15, -0.1) is 0 Å². The number of hydrogen-bond acceptors (Lipinski definition) is 4. The Morgan fingerprint density at radius 3 is 2.05 bits per heavy atom. The molecule has 1 rings (SSSR count). The molecule has 0 aliphatic rings. The van der Waals surface area contributed by atoms with Crippen LogP contribution in [0.4, 0.5) is 18.9 Å². The van der Waals surface area contributed by atoms with Crippen molar-refractivity contribution in [2.45, 2.75) is 12.1 Å². The Labute approximate surface area is 109 Å². The van der Waals surface area contributed by atoms with Gasteiger partial charge in [0.25, 0.3) is 5.69 Å². The summed E-state index contributed by atoms with van der Waals surface area (Å²) in [6, 6.07) is 1.68. The molecule has 1 aromatic rings. The van der Waals surface area contributed by atoms with E-state index >= 15 is 0 Å². The summed E-state index contributed by atoms with van der Waals surface area (Å²) in [7, 11) is 0. The number of carbonyl (C=O) groups excluding carboxylic acids is 2. The monoisotopic (exact) mass is 291 g/mol. The Hall–Kier alpha value is -2.65. The van der Waals surface area contributed by atoms with Crippen molar-refractivity contribution in [2.75, 3.05) is 0 Å². The molecule has 0 bridgehead atoms. The number of alkyl halides is 3. The zero-order valence-corrected chi connectivity index (χ0v) is 9.68. The number of carbonyl (C=O) groups is 2. The zero-order chi connectivity index (χ0) is 15.7. The number of nitrogens with two attached hydrogens (primary N) is 2. The van der Waals surface area contributed by atoms with Gasteiger partial charge in [0.05, 0.1) is 4.92 Å². The van der Waals surface area contributed by atoms with Crippen molar-refractivity contribution in [1.82, 2.24) is 0 Å². The van der Waals surface area contributed by atoms with Gasteiger partial charge in [0.1, 0.15) is 11.5 Å². The number of halogens is 3. The van der Waals surface area contributed by atoms with Crippen LogP contribution < -0.4 is 11.5 Å². The van der Waals surface area contributed by atoms with Crippen molar-refractivity contribution in [3.8, 4) is 0 Å². The fraction of sp³-hybridized carbons (Fsp3) is 0.200. The second-order valence-electron chi connectivity index (χ2n) is 3.77. The molecule has 0 heterocycles. The highest BCUT2D eigenvalue weighted by Gasteiger charge is 2.39. The topological polar surface area (TPSA) is 129 Å². The molecule has 4 N–H and O–H groups in total. The minimum absolute atomic E-state index is 0.318. The standard InChI is InChI=1S/C10H8F3N3O4/c11-10(12,13)5-3-4(1-2-6(5)16(19)20)7(8(14)17)9(15)18/h1-3,7H,(H2,14,17)(H2,15,18). The molecule has 0 radical (unpaired) electrons. The first-order chi connectivity index (χ1) is 9.05. The predicted octanol–water partition coefficient (Wildman–Crippen LogP) is 0.668. The van der Waals surface area contributed by atoms with Gasteiger partial charge in [-0.1, -0.05) is 6.07 Å². The summed E-state index contributed by atoms with van der Waals surface area (Å²) < 4.78 is 38.2. The van der Waals surface area contributed by atoms with E-state index in [1.807, 2.05) is 0 Å². The van der Waals surface area contributed by atoms with Crippen LogP contribution in [0.3, 0.4) is 0 Å². The maximum atomic E-state index is 12.7. The van der Waals surface area contributed by atoms with E-state index in [2.05, 4.69) is 0 Å². The number of nitro groups is 1. The molecule has 10 heteroatoms. The van der Waals surface area contributed by atoms with E-state index in [4.69, 9.17) is 11.5 Å². The molecule has 0 saturated carbocycles. The quantitative estimate of drug-likeness (QED) is 0.479. The third kappa shape index (κ3) is 3.02. The lowest BCUT2D eigenvalue weighted by atomic mass is 9.95. The highest BCUT2D eigenvalue weighted by atomic mass is 19.4. The first-order valence-corrected chi connectivity index (χ1v) is 5.00. The molecule has 0 aliphatic heterocycles. The number of rotatable bonds is 4. The van der Waals surface area contributed by atoms with Crippen molar-refractivity contribution in [3.05, 3.63) is 39.4 Å². The van der Waals surface area contributed by atoms with Crippen LogP contribution in [0, 0.1) is 10.1 Å². The molecule has 20 heavy (non-hydrogen) atoms. The number of amides is 2. The van der Waals surface area contributed by atoms with Gasteiger partial charge < -0.3 is 11.5 Å². The minimum Gasteiger partial charge on any atom is -0.369 e. The summed E-state index contributed by atoms with van der Waals surface area (Å²) in [4.78, 5) is 31.4. The van der Waals surface area contributed by atoms with Gasteiger partial charge in [-0.3, -0.25) is 19.7 Å². The maximum Gasteiger partial charge on any atom is 0.423 e. The SMILES string of the molecule is NC(=O)C(C(N)=O)c1ccc([N+](=O)[O-])c(C(F)(F)F)c1. The lowest BCUT2D eigenvalue weighted by Crippen LogP contribution is -2.33. The van der Waals surface area contributed by atoms with Crippen molar-refractivity contribution in [3.63, 3.8) is 0 Å². The van der Waals surface area contributed by atoms with E-state index in [0.29, 0.717) is 12.1 Å². The molecular weight excluding hydrogens is 283 g/mol. The third-order valence-corrected chi connectivity index (χ3v) is 2.43. The highest BCUT2D eigenvalue weighted by Crippen LogP contribution is 2.37. The molecule has 0 atom stereocenters. The van der Waals surface area contributed by atoms with Gasteiger partial charge in [-0.05, 0) is 11.6 Å². The van der Waals surface area contributed by atoms with Gasteiger partial charge in [0, 0.05) is 6.07 Å². The Kier molecular flexibility index (Phi) is 3.97. The molecule has 2 amide bonds. The summed E-state index contributed by atoms with van der Waals surface area (Å²) in [6.07, 6.45) is -5.03. The summed E-state index contributed by atoms with van der Waals surface area (Å²) >= 11 is 0. The van der Waals surface area contributed by atoms with Crippen LogP contribution in [-0.2, 0) is 15.8 Å². The van der Waals surface area contributed by atoms with Crippen molar-refractivity contribution < 1.29 is 27.7 Å². The van der Waals surface area contributed by atoms with Crippen LogP contribution in [0.1, 0.15) is 17.0 Å². The third-order valence-electron chi connectivity index (χ3n) is 2.43. The van der Waals surface area contributed by atoms with E-state index in [-0.39, 0.29) is 0 Å². The molecule has 0 aromatic heterocycles. The molecule has 0 fully saturated rings. The summed E-state index contributed by atoms with van der Waals surface area (Å²) in [5, 5.41) is 10.5. The van der Waals surface area contributed by atoms with Crippen LogP contribution in [0.15, 0.2) is 18.2 Å². The van der Waals surface area contributed by atoms with Crippen molar-refractivity contribution in [2.24, 2.45) is 11.5 Å². The van der Waals surface area contributed by atoms with Gasteiger partial charge in [0.15, 0.2) is 0 Å². The van der Waals surface area contributed by atoms with E-state index in [1.54, 1.807) is 0 Å². The fourth-order valence-corrected chi connectivity index (χ4v) is 1.59. The maximum absolute atomic E-state index is 12.7. The summed E-state index contributed by atoms with van der Waals surface area (Å²) in [6.45, 7) is 0. The Balaban J connectivity index is 3.50. The van der Waals surface area contributed by atoms with Crippen LogP contribution in [0.2, 0.25) is 0 Å². The Bertz CT molecular complexity index is 572. The van der Waals surface area contributed by atoms with Crippen molar-refractivity contribution in [1.29, 1.82) is 0 Å². The Morgan fingerprint density at radius 1 is 1.20 bits per heavy atom. The van der Waals surface area contributed by atoms with E-state index in [0.717, 1.165) is 6.07 Å². The number of benzene rings is 1. The minimum atomic E-state index is -5.03. The largest absolute Gasteiger partial charge is 0.423 e. The van der Waals surface area contributed by atoms with E-state index in [9.17, 15) is 32.9 Å². The lowest BCUT2D eigenvalue weighted by Gasteiger charge is -2.13. The first-order valence-electron chi connectivity index (χ1n) is 5.00. The molecule has 0 unspecified atom stereocenters. The first kappa shape index (κ1) is 15.4. The smallest absolute Gasteiger partial charge is 0.369 e. The van der Waals surface area contributed by atoms with Crippen LogP contribution in [0.5, 0.6) is 0 Å². The second kappa shape index (κ2) is 5.15. The van der Waals surface area contributed by atoms with Crippen molar-refractivity contribution >= 4 is 17.5 Å². The van der Waals surface area contributed by atoms with Crippen LogP contribution in [-0.4, -0.2) is 16.7 Å². The van der Waals surface area contributed by atoms with Gasteiger partial charge in [-0.2, -0.15) is 13.2 Å². The molecule has 0 spiro atoms. The molecular formula is C10H8F3N3O4. The van der Waals surface area contributed by atoms with Gasteiger partial charge in [-0.25, -0.2) is 0 Å². The van der Waals surface area contributed by atoms with E-state index < -0.39 is 45.6 Å². The number of nitrogens with zero attached hydrogens (tertiary/aromatic N) is 1. The molecule has 1 aromatic carbocycles. The van der Waals surface area contributed by atoms with Crippen LogP contribution >= 0.6 is 0 Å². The molecule has 108 valence electrons. The normalized spacial score (nSPS) is 11.4. The van der Waals surface area contributed by atoms with Gasteiger partial charge >= 0.3 is 6.18 Å². The number of nitro benzene ring substituents is 1. The highest BCUT2D eigenvalue weighted by molar-refractivity contribution is 6.04. The predicted molar refractivity (Wildman–Crippen MR) is 59.2 cm³/mol. The zero-order valence-electron chi connectivity index (χ0n) is 9.68. The number of hydrogen-bond donors (Lipinski definition) is 2. The lowest BCUT2D eigenvalue weighted by molar-refractivity contribution is -0.388. The second-order valence-corrected chi connectivity index (χ2v) is 3.77. The fourth-order valence-electron chi connectivity index (χ4n) is 1.59. The average Bonchev–Trinajstić information content (AvgIpc) is 2.26. The number of primary amides is 2. The molecule has 7 nitrogen and oxygen atoms in total. The molecule has 0 saturated heterocycles. The average molecular weight is 291 g/mol. The molecule has 0 aliphatic carbocycles. The van der Waals surface area contributed by atoms with Crippen LogP contribution in [0.25, 0.3) is 0 Å². The summed E-state index contributed by atoms with van der Waals surface area (Å²) in [5.74, 6) is -4.30. The summed E-state index contributed by atoms with van der Waals surface area (Å²) in [5.41, 5.74) is 6.50. The van der Waals surface area contributed by atoms with E-state index in [1.165, 1.54) is 0 Å².